The minimum atomic E-state index is -0.153. The number of hydrogen-bond acceptors (Lipinski definition) is 5. The van der Waals surface area contributed by atoms with Gasteiger partial charge in [0.2, 0.25) is 0 Å². The summed E-state index contributed by atoms with van der Waals surface area (Å²) >= 11 is 1.51. The Kier molecular flexibility index (Phi) is 6.71. The zero-order valence-corrected chi connectivity index (χ0v) is 19.2. The van der Waals surface area contributed by atoms with Crippen molar-refractivity contribution in [3.8, 4) is 5.75 Å². The predicted octanol–water partition coefficient (Wildman–Crippen LogP) is 5.89. The Bertz CT molecular complexity index is 1160. The Balaban J connectivity index is 1.66. The first-order valence-electron chi connectivity index (χ1n) is 10.5. The standard InChI is InChI=1S/C26H25N3O2S/c1-18(2)21-11-9-19(10-12-21)14-24-25(30)29(22-7-4-8-23(15-22)31-3)26(28-24)32-17-20-6-5-13-27-16-20/h4-16,18H,17H2,1-3H3/b24-14+. The molecule has 162 valence electrons. The van der Waals surface area contributed by atoms with Gasteiger partial charge in [-0.3, -0.25) is 14.7 Å². The van der Waals surface area contributed by atoms with Crippen LogP contribution in [-0.4, -0.2) is 23.2 Å². The highest BCUT2D eigenvalue weighted by Gasteiger charge is 2.32. The molecular formula is C26H25N3O2S. The molecule has 1 amide bonds. The van der Waals surface area contributed by atoms with Gasteiger partial charge in [0.25, 0.3) is 5.91 Å². The minimum absolute atomic E-state index is 0.153. The SMILES string of the molecule is COc1cccc(N2C(=O)/C(=C\c3ccc(C(C)C)cc3)N=C2SCc2cccnc2)c1. The lowest BCUT2D eigenvalue weighted by Gasteiger charge is -2.18. The first kappa shape index (κ1) is 21.8. The Labute approximate surface area is 192 Å². The van der Waals surface area contributed by atoms with Crippen LogP contribution in [-0.2, 0) is 10.5 Å². The Morgan fingerprint density at radius 3 is 2.59 bits per heavy atom. The van der Waals surface area contributed by atoms with Crippen molar-refractivity contribution in [1.29, 1.82) is 0 Å². The number of nitrogens with zero attached hydrogens (tertiary/aromatic N) is 3. The van der Waals surface area contributed by atoms with Crippen molar-refractivity contribution in [2.45, 2.75) is 25.5 Å². The molecule has 2 aromatic carbocycles. The first-order chi connectivity index (χ1) is 15.5. The van der Waals surface area contributed by atoms with E-state index in [1.807, 2.05) is 60.8 Å². The number of thioether (sulfide) groups is 1. The van der Waals surface area contributed by atoms with E-state index in [0.29, 0.717) is 28.3 Å². The zero-order valence-electron chi connectivity index (χ0n) is 18.4. The summed E-state index contributed by atoms with van der Waals surface area (Å²) in [5.41, 5.74) is 4.42. The maximum atomic E-state index is 13.4. The number of aromatic nitrogens is 1. The molecule has 0 saturated heterocycles. The first-order valence-corrected chi connectivity index (χ1v) is 11.4. The minimum Gasteiger partial charge on any atom is -0.497 e. The number of carbonyl (C=O) groups excluding carboxylic acids is 1. The molecule has 0 aliphatic carbocycles. The van der Waals surface area contributed by atoms with Crippen molar-refractivity contribution < 1.29 is 9.53 Å². The van der Waals surface area contributed by atoms with E-state index < -0.39 is 0 Å². The second-order valence-electron chi connectivity index (χ2n) is 7.74. The Morgan fingerprint density at radius 2 is 1.91 bits per heavy atom. The van der Waals surface area contributed by atoms with E-state index in [1.54, 1.807) is 18.2 Å². The van der Waals surface area contributed by atoms with Gasteiger partial charge < -0.3 is 4.74 Å². The van der Waals surface area contributed by atoms with Crippen LogP contribution >= 0.6 is 11.8 Å². The number of rotatable bonds is 6. The van der Waals surface area contributed by atoms with Gasteiger partial charge in [-0.1, -0.05) is 62.0 Å². The van der Waals surface area contributed by atoms with Crippen LogP contribution in [0.5, 0.6) is 5.75 Å². The fraction of sp³-hybridized carbons (Fsp3) is 0.192. The molecule has 0 atom stereocenters. The summed E-state index contributed by atoms with van der Waals surface area (Å²) in [5, 5.41) is 0.636. The number of hydrogen-bond donors (Lipinski definition) is 0. The third-order valence-electron chi connectivity index (χ3n) is 5.14. The topological polar surface area (TPSA) is 54.8 Å². The van der Waals surface area contributed by atoms with Crippen LogP contribution in [0.25, 0.3) is 6.08 Å². The fourth-order valence-electron chi connectivity index (χ4n) is 3.34. The average molecular weight is 444 g/mol. The molecule has 0 unspecified atom stereocenters. The van der Waals surface area contributed by atoms with Gasteiger partial charge in [-0.25, -0.2) is 4.99 Å². The van der Waals surface area contributed by atoms with Crippen LogP contribution in [0.4, 0.5) is 5.69 Å². The largest absolute Gasteiger partial charge is 0.497 e. The van der Waals surface area contributed by atoms with Gasteiger partial charge in [-0.15, -0.1) is 0 Å². The number of aliphatic imine (C=N–C) groups is 1. The lowest BCUT2D eigenvalue weighted by atomic mass is 10.0. The van der Waals surface area contributed by atoms with Crippen LogP contribution in [0.1, 0.15) is 36.5 Å². The average Bonchev–Trinajstić information content (AvgIpc) is 3.13. The van der Waals surface area contributed by atoms with Crippen molar-refractivity contribution in [2.24, 2.45) is 4.99 Å². The van der Waals surface area contributed by atoms with E-state index in [-0.39, 0.29) is 5.91 Å². The summed E-state index contributed by atoms with van der Waals surface area (Å²) in [6, 6.07) is 19.6. The van der Waals surface area contributed by atoms with E-state index in [9.17, 15) is 4.79 Å². The number of carbonyl (C=O) groups is 1. The van der Waals surface area contributed by atoms with Gasteiger partial charge >= 0.3 is 0 Å². The third kappa shape index (κ3) is 4.92. The van der Waals surface area contributed by atoms with E-state index in [2.05, 4.69) is 31.0 Å². The Morgan fingerprint density at radius 1 is 1.09 bits per heavy atom. The third-order valence-corrected chi connectivity index (χ3v) is 6.15. The van der Waals surface area contributed by atoms with Gasteiger partial charge in [0.05, 0.1) is 12.8 Å². The number of anilines is 1. The molecule has 5 nitrogen and oxygen atoms in total. The van der Waals surface area contributed by atoms with Gasteiger partial charge in [0.1, 0.15) is 11.4 Å². The number of methoxy groups -OCH3 is 1. The number of ether oxygens (including phenoxy) is 1. The predicted molar refractivity (Wildman–Crippen MR) is 132 cm³/mol. The summed E-state index contributed by atoms with van der Waals surface area (Å²) in [6.07, 6.45) is 5.42. The lowest BCUT2D eigenvalue weighted by molar-refractivity contribution is -0.113. The molecule has 1 aliphatic heterocycles. The summed E-state index contributed by atoms with van der Waals surface area (Å²) in [6.45, 7) is 4.33. The van der Waals surface area contributed by atoms with Crippen molar-refractivity contribution >= 4 is 34.6 Å². The summed E-state index contributed by atoms with van der Waals surface area (Å²) < 4.78 is 5.36. The highest BCUT2D eigenvalue weighted by molar-refractivity contribution is 8.13. The van der Waals surface area contributed by atoms with Crippen molar-refractivity contribution in [1.82, 2.24) is 4.98 Å². The van der Waals surface area contributed by atoms with Crippen molar-refractivity contribution in [3.63, 3.8) is 0 Å². The number of amides is 1. The zero-order chi connectivity index (χ0) is 22.5. The number of pyridine rings is 1. The maximum absolute atomic E-state index is 13.4. The molecule has 0 saturated carbocycles. The van der Waals surface area contributed by atoms with E-state index in [1.165, 1.54) is 17.3 Å². The quantitative estimate of drug-likeness (QED) is 0.446. The highest BCUT2D eigenvalue weighted by atomic mass is 32.2. The molecule has 0 radical (unpaired) electrons. The van der Waals surface area contributed by atoms with Crippen LogP contribution in [0, 0.1) is 0 Å². The molecule has 6 heteroatoms. The van der Waals surface area contributed by atoms with Gasteiger partial charge in [0, 0.05) is 24.2 Å². The van der Waals surface area contributed by atoms with Gasteiger partial charge in [0.15, 0.2) is 5.17 Å². The van der Waals surface area contributed by atoms with E-state index in [0.717, 1.165) is 16.8 Å². The molecule has 1 aromatic heterocycles. The summed E-state index contributed by atoms with van der Waals surface area (Å²) in [5.74, 6) is 1.66. The monoisotopic (exact) mass is 443 g/mol. The molecular weight excluding hydrogens is 418 g/mol. The maximum Gasteiger partial charge on any atom is 0.283 e. The van der Waals surface area contributed by atoms with Gasteiger partial charge in [-0.05, 0) is 46.9 Å². The summed E-state index contributed by atoms with van der Waals surface area (Å²) in [7, 11) is 1.61. The second kappa shape index (κ2) is 9.83. The fourth-order valence-corrected chi connectivity index (χ4v) is 4.28. The molecule has 1 aliphatic rings. The summed E-state index contributed by atoms with van der Waals surface area (Å²) in [4.78, 5) is 23.9. The van der Waals surface area contributed by atoms with E-state index in [4.69, 9.17) is 9.73 Å². The number of benzene rings is 2. The number of amidine groups is 1. The molecule has 0 spiro atoms. The van der Waals surface area contributed by atoms with Crippen LogP contribution in [0.2, 0.25) is 0 Å². The molecule has 3 aromatic rings. The normalized spacial score (nSPS) is 14.9. The van der Waals surface area contributed by atoms with Crippen LogP contribution < -0.4 is 9.64 Å². The van der Waals surface area contributed by atoms with Crippen LogP contribution in [0.3, 0.4) is 0 Å². The highest BCUT2D eigenvalue weighted by Crippen LogP contribution is 2.32. The second-order valence-corrected chi connectivity index (χ2v) is 8.68. The molecule has 0 bridgehead atoms. The van der Waals surface area contributed by atoms with Gasteiger partial charge in [-0.2, -0.15) is 0 Å². The molecule has 0 fully saturated rings. The molecule has 2 heterocycles. The van der Waals surface area contributed by atoms with E-state index >= 15 is 0 Å². The van der Waals surface area contributed by atoms with Crippen LogP contribution in [0.15, 0.2) is 83.7 Å². The van der Waals surface area contributed by atoms with Crippen molar-refractivity contribution in [3.05, 3.63) is 95.4 Å². The lowest BCUT2D eigenvalue weighted by Crippen LogP contribution is -2.30. The molecule has 4 rings (SSSR count). The smallest absolute Gasteiger partial charge is 0.283 e. The van der Waals surface area contributed by atoms with Crippen molar-refractivity contribution in [2.75, 3.05) is 12.0 Å². The Hall–Kier alpha value is -3.38. The molecule has 0 N–H and O–H groups in total. The molecule has 32 heavy (non-hydrogen) atoms.